The molecule has 4 nitrogen and oxygen atoms in total. The van der Waals surface area contributed by atoms with Gasteiger partial charge in [0.25, 0.3) is 0 Å². The molecule has 0 saturated heterocycles. The highest BCUT2D eigenvalue weighted by atomic mass is 16.7. The number of hydroxylamine groups is 1. The number of carbonyl (C=O) groups is 1. The summed E-state index contributed by atoms with van der Waals surface area (Å²) in [4.78, 5) is 14.9. The summed E-state index contributed by atoms with van der Waals surface area (Å²) in [5, 5.41) is 0. The van der Waals surface area contributed by atoms with Gasteiger partial charge in [0.2, 0.25) is 0 Å². The van der Waals surface area contributed by atoms with Crippen molar-refractivity contribution in [3.05, 3.63) is 29.8 Å². The van der Waals surface area contributed by atoms with Gasteiger partial charge in [-0.1, -0.05) is 12.1 Å². The Morgan fingerprint density at radius 1 is 1.62 bits per heavy atom. The minimum absolute atomic E-state index is 0.357. The van der Waals surface area contributed by atoms with Crippen LogP contribution in [0.3, 0.4) is 0 Å². The molecule has 0 atom stereocenters. The van der Waals surface area contributed by atoms with Gasteiger partial charge in [0.15, 0.2) is 0 Å². The molecule has 1 aromatic rings. The number of hydrogen-bond acceptors (Lipinski definition) is 4. The molecule has 70 valence electrons. The van der Waals surface area contributed by atoms with Crippen LogP contribution in [0.25, 0.3) is 0 Å². The Hall–Kier alpha value is -1.55. The van der Waals surface area contributed by atoms with E-state index in [9.17, 15) is 4.79 Å². The van der Waals surface area contributed by atoms with Crippen molar-refractivity contribution in [2.24, 2.45) is 0 Å². The largest absolute Gasteiger partial charge is 0.399 e. The van der Waals surface area contributed by atoms with Crippen molar-refractivity contribution in [2.75, 3.05) is 5.73 Å². The zero-order valence-electron chi connectivity index (χ0n) is 7.41. The van der Waals surface area contributed by atoms with E-state index in [0.29, 0.717) is 12.2 Å². The Morgan fingerprint density at radius 2 is 2.38 bits per heavy atom. The number of rotatable bonds is 3. The van der Waals surface area contributed by atoms with E-state index in [-0.39, 0.29) is 5.97 Å². The zero-order chi connectivity index (χ0) is 9.68. The summed E-state index contributed by atoms with van der Waals surface area (Å²) in [5.74, 6) is -0.357. The van der Waals surface area contributed by atoms with Crippen LogP contribution in [-0.2, 0) is 16.2 Å². The van der Waals surface area contributed by atoms with Gasteiger partial charge in [0.1, 0.15) is 0 Å². The molecule has 0 bridgehead atoms. The van der Waals surface area contributed by atoms with Crippen molar-refractivity contribution in [2.45, 2.75) is 13.5 Å². The number of benzene rings is 1. The molecule has 1 aromatic carbocycles. The minimum Gasteiger partial charge on any atom is -0.399 e. The number of nitrogens with two attached hydrogens (primary N) is 1. The summed E-state index contributed by atoms with van der Waals surface area (Å²) in [7, 11) is 0. The van der Waals surface area contributed by atoms with Crippen molar-refractivity contribution in [3.8, 4) is 0 Å². The van der Waals surface area contributed by atoms with Gasteiger partial charge in [-0.25, -0.2) is 0 Å². The summed E-state index contributed by atoms with van der Waals surface area (Å²) in [6.45, 7) is 1.80. The van der Waals surface area contributed by atoms with Crippen molar-refractivity contribution >= 4 is 11.7 Å². The standard InChI is InChI=1S/C9H12N2O2/c1-7(12)13-11-6-8-3-2-4-9(10)5-8/h2-5,11H,6,10H2,1H3. The molecule has 13 heavy (non-hydrogen) atoms. The van der Waals surface area contributed by atoms with Crippen LogP contribution >= 0.6 is 0 Å². The molecule has 4 heteroatoms. The molecule has 0 heterocycles. The molecule has 0 radical (unpaired) electrons. The van der Waals surface area contributed by atoms with E-state index >= 15 is 0 Å². The predicted molar refractivity (Wildman–Crippen MR) is 49.5 cm³/mol. The summed E-state index contributed by atoms with van der Waals surface area (Å²) in [5.41, 5.74) is 9.75. The lowest BCUT2D eigenvalue weighted by atomic mass is 10.2. The van der Waals surface area contributed by atoms with Crippen LogP contribution in [0.4, 0.5) is 5.69 Å². The van der Waals surface area contributed by atoms with Gasteiger partial charge < -0.3 is 10.6 Å². The lowest BCUT2D eigenvalue weighted by Crippen LogP contribution is -2.17. The molecule has 3 N–H and O–H groups in total. The van der Waals surface area contributed by atoms with E-state index in [1.165, 1.54) is 6.92 Å². The first-order chi connectivity index (χ1) is 6.18. The van der Waals surface area contributed by atoms with Gasteiger partial charge >= 0.3 is 5.97 Å². The number of anilines is 1. The van der Waals surface area contributed by atoms with E-state index in [1.54, 1.807) is 6.07 Å². The third-order valence-corrected chi connectivity index (χ3v) is 1.44. The van der Waals surface area contributed by atoms with Crippen LogP contribution in [0.2, 0.25) is 0 Å². The maximum absolute atomic E-state index is 10.4. The number of carbonyl (C=O) groups excluding carboxylic acids is 1. The normalized spacial score (nSPS) is 9.62. The highest BCUT2D eigenvalue weighted by Crippen LogP contribution is 2.05. The topological polar surface area (TPSA) is 64.3 Å². The lowest BCUT2D eigenvalue weighted by molar-refractivity contribution is -0.148. The van der Waals surface area contributed by atoms with Crippen LogP contribution in [0.15, 0.2) is 24.3 Å². The number of nitrogens with one attached hydrogen (secondary N) is 1. The second kappa shape index (κ2) is 4.47. The Morgan fingerprint density at radius 3 is 3.00 bits per heavy atom. The summed E-state index contributed by atoms with van der Waals surface area (Å²) in [6, 6.07) is 7.36. The highest BCUT2D eigenvalue weighted by molar-refractivity contribution is 5.65. The maximum atomic E-state index is 10.4. The van der Waals surface area contributed by atoms with Gasteiger partial charge in [0.05, 0.1) is 6.54 Å². The van der Waals surface area contributed by atoms with Gasteiger partial charge in [-0.2, -0.15) is 0 Å². The number of nitrogen functional groups attached to an aromatic ring is 1. The van der Waals surface area contributed by atoms with Crippen LogP contribution in [0, 0.1) is 0 Å². The third kappa shape index (κ3) is 3.57. The first-order valence-electron chi connectivity index (χ1n) is 3.93. The fraction of sp³-hybridized carbons (Fsp3) is 0.222. The van der Waals surface area contributed by atoms with E-state index in [4.69, 9.17) is 5.73 Å². The van der Waals surface area contributed by atoms with Crippen molar-refractivity contribution in [1.82, 2.24) is 5.48 Å². The molecular formula is C9H12N2O2. The van der Waals surface area contributed by atoms with E-state index in [1.807, 2.05) is 18.2 Å². The second-order valence-electron chi connectivity index (χ2n) is 2.66. The van der Waals surface area contributed by atoms with Crippen LogP contribution < -0.4 is 11.2 Å². The van der Waals surface area contributed by atoms with Crippen molar-refractivity contribution in [1.29, 1.82) is 0 Å². The van der Waals surface area contributed by atoms with Gasteiger partial charge in [0, 0.05) is 12.6 Å². The van der Waals surface area contributed by atoms with Crippen LogP contribution in [0.5, 0.6) is 0 Å². The zero-order valence-corrected chi connectivity index (χ0v) is 7.41. The SMILES string of the molecule is CC(=O)ONCc1cccc(N)c1. The van der Waals surface area contributed by atoms with Gasteiger partial charge in [-0.05, 0) is 17.7 Å². The Bertz CT molecular complexity index is 299. The fourth-order valence-electron chi connectivity index (χ4n) is 0.924. The Labute approximate surface area is 76.6 Å². The quantitative estimate of drug-likeness (QED) is 0.534. The van der Waals surface area contributed by atoms with Crippen molar-refractivity contribution < 1.29 is 9.63 Å². The molecule has 0 aliphatic rings. The maximum Gasteiger partial charge on any atom is 0.321 e. The van der Waals surface area contributed by atoms with E-state index < -0.39 is 0 Å². The van der Waals surface area contributed by atoms with Crippen LogP contribution in [0.1, 0.15) is 12.5 Å². The Balaban J connectivity index is 2.41. The molecule has 0 saturated carbocycles. The summed E-state index contributed by atoms with van der Waals surface area (Å²) in [6.07, 6.45) is 0. The van der Waals surface area contributed by atoms with Gasteiger partial charge in [-0.15, -0.1) is 5.48 Å². The van der Waals surface area contributed by atoms with Crippen molar-refractivity contribution in [3.63, 3.8) is 0 Å². The third-order valence-electron chi connectivity index (χ3n) is 1.44. The predicted octanol–water partition coefficient (Wildman–Crippen LogP) is 0.837. The monoisotopic (exact) mass is 180 g/mol. The second-order valence-corrected chi connectivity index (χ2v) is 2.66. The first kappa shape index (κ1) is 9.54. The number of hydrogen-bond donors (Lipinski definition) is 2. The molecule has 0 aliphatic heterocycles. The fourth-order valence-corrected chi connectivity index (χ4v) is 0.924. The highest BCUT2D eigenvalue weighted by Gasteiger charge is 1.94. The smallest absolute Gasteiger partial charge is 0.321 e. The summed E-state index contributed by atoms with van der Waals surface area (Å²) < 4.78 is 0. The lowest BCUT2D eigenvalue weighted by Gasteiger charge is -2.03. The molecule has 1 rings (SSSR count). The van der Waals surface area contributed by atoms with E-state index in [2.05, 4.69) is 10.3 Å². The average Bonchev–Trinajstić information content (AvgIpc) is 2.03. The van der Waals surface area contributed by atoms with E-state index in [0.717, 1.165) is 5.56 Å². The Kier molecular flexibility index (Phi) is 3.28. The molecule has 0 unspecified atom stereocenters. The average molecular weight is 180 g/mol. The molecule has 0 aliphatic carbocycles. The molecular weight excluding hydrogens is 168 g/mol. The molecule has 0 amide bonds. The minimum atomic E-state index is -0.357. The van der Waals surface area contributed by atoms with Gasteiger partial charge in [-0.3, -0.25) is 4.79 Å². The first-order valence-corrected chi connectivity index (χ1v) is 3.93. The molecule has 0 fully saturated rings. The molecule has 0 aromatic heterocycles. The summed E-state index contributed by atoms with van der Waals surface area (Å²) >= 11 is 0. The van der Waals surface area contributed by atoms with Crippen LogP contribution in [-0.4, -0.2) is 5.97 Å². The molecule has 0 spiro atoms.